The van der Waals surface area contributed by atoms with Crippen molar-refractivity contribution in [1.82, 2.24) is 16.0 Å². The number of nitrogens with one attached hydrogen (secondary N) is 3. The zero-order chi connectivity index (χ0) is 23.1. The van der Waals surface area contributed by atoms with Crippen LogP contribution in [0.2, 0.25) is 0 Å². The summed E-state index contributed by atoms with van der Waals surface area (Å²) in [5.74, 6) is -1.67. The SMILES string of the molecule is CC(C)[C@@H](NC(=O)C1CCC(CNC(=O)[C@@H](C)NC(=O)OC(C)(C)C)CC1)C(=O)O. The number of carbonyl (C=O) groups is 4. The lowest BCUT2D eigenvalue weighted by molar-refractivity contribution is -0.144. The van der Waals surface area contributed by atoms with Crippen molar-refractivity contribution in [3.05, 3.63) is 0 Å². The first kappa shape index (κ1) is 25.7. The van der Waals surface area contributed by atoms with E-state index in [4.69, 9.17) is 4.74 Å². The quantitative estimate of drug-likeness (QED) is 0.468. The molecule has 4 N–H and O–H groups in total. The van der Waals surface area contributed by atoms with Crippen LogP contribution in [0.5, 0.6) is 0 Å². The van der Waals surface area contributed by atoms with Crippen molar-refractivity contribution in [2.45, 2.75) is 84.9 Å². The molecular formula is C21H37N3O6. The Morgan fingerprint density at radius 3 is 2.03 bits per heavy atom. The second kappa shape index (κ2) is 11.2. The van der Waals surface area contributed by atoms with Crippen LogP contribution in [0, 0.1) is 17.8 Å². The molecular weight excluding hydrogens is 390 g/mol. The Bertz CT molecular complexity index is 621. The Labute approximate surface area is 178 Å². The van der Waals surface area contributed by atoms with Crippen LogP contribution in [0.15, 0.2) is 0 Å². The van der Waals surface area contributed by atoms with Crippen LogP contribution in [-0.2, 0) is 19.1 Å². The Kier molecular flexibility index (Phi) is 9.58. The molecule has 0 heterocycles. The summed E-state index contributed by atoms with van der Waals surface area (Å²) in [6.07, 6.45) is 2.21. The van der Waals surface area contributed by atoms with Gasteiger partial charge in [-0.05, 0) is 65.2 Å². The lowest BCUT2D eigenvalue weighted by Crippen LogP contribution is -2.48. The molecule has 172 valence electrons. The van der Waals surface area contributed by atoms with E-state index in [0.29, 0.717) is 19.4 Å². The van der Waals surface area contributed by atoms with Crippen LogP contribution >= 0.6 is 0 Å². The molecule has 1 aliphatic rings. The van der Waals surface area contributed by atoms with Gasteiger partial charge in [-0.25, -0.2) is 9.59 Å². The largest absolute Gasteiger partial charge is 0.480 e. The molecule has 1 rings (SSSR count). The number of hydrogen-bond donors (Lipinski definition) is 4. The molecule has 3 amide bonds. The molecule has 30 heavy (non-hydrogen) atoms. The summed E-state index contributed by atoms with van der Waals surface area (Å²) in [4.78, 5) is 47.6. The molecule has 0 aliphatic heterocycles. The summed E-state index contributed by atoms with van der Waals surface area (Å²) in [6.45, 7) is 10.8. The van der Waals surface area contributed by atoms with Crippen molar-refractivity contribution in [2.75, 3.05) is 6.54 Å². The maximum Gasteiger partial charge on any atom is 0.408 e. The van der Waals surface area contributed by atoms with Crippen molar-refractivity contribution in [2.24, 2.45) is 17.8 Å². The fourth-order valence-corrected chi connectivity index (χ4v) is 3.36. The molecule has 9 heteroatoms. The highest BCUT2D eigenvalue weighted by Crippen LogP contribution is 2.28. The van der Waals surface area contributed by atoms with E-state index >= 15 is 0 Å². The highest BCUT2D eigenvalue weighted by Gasteiger charge is 2.31. The molecule has 0 spiro atoms. The highest BCUT2D eigenvalue weighted by molar-refractivity contribution is 5.86. The molecule has 0 unspecified atom stereocenters. The first-order valence-corrected chi connectivity index (χ1v) is 10.6. The van der Waals surface area contributed by atoms with E-state index in [2.05, 4.69) is 16.0 Å². The Morgan fingerprint density at radius 2 is 1.57 bits per heavy atom. The second-order valence-electron chi connectivity index (χ2n) is 9.40. The number of ether oxygens (including phenoxy) is 1. The smallest absolute Gasteiger partial charge is 0.408 e. The normalized spacial score (nSPS) is 21.3. The predicted molar refractivity (Wildman–Crippen MR) is 112 cm³/mol. The molecule has 1 aliphatic carbocycles. The molecule has 0 saturated heterocycles. The predicted octanol–water partition coefficient (Wildman–Crippen LogP) is 2.05. The summed E-state index contributed by atoms with van der Waals surface area (Å²) in [6, 6.07) is -1.60. The Balaban J connectivity index is 2.37. The number of alkyl carbamates (subject to hydrolysis) is 1. The number of aliphatic carboxylic acids is 1. The molecule has 1 fully saturated rings. The average molecular weight is 428 g/mol. The van der Waals surface area contributed by atoms with Gasteiger partial charge in [0.1, 0.15) is 17.7 Å². The standard InChI is InChI=1S/C21H37N3O6/c1-12(2)16(19(27)28)24-18(26)15-9-7-14(8-10-15)11-22-17(25)13(3)23-20(29)30-21(4,5)6/h12-16H,7-11H2,1-6H3,(H,22,25)(H,23,29)(H,24,26)(H,27,28)/t13-,14?,15?,16-/m1/s1. The highest BCUT2D eigenvalue weighted by atomic mass is 16.6. The van der Waals surface area contributed by atoms with Gasteiger partial charge in [-0.3, -0.25) is 9.59 Å². The van der Waals surface area contributed by atoms with Crippen LogP contribution in [-0.4, -0.2) is 53.2 Å². The summed E-state index contributed by atoms with van der Waals surface area (Å²) >= 11 is 0. The summed E-state index contributed by atoms with van der Waals surface area (Å²) in [5, 5.41) is 17.2. The van der Waals surface area contributed by atoms with Gasteiger partial charge >= 0.3 is 12.1 Å². The van der Waals surface area contributed by atoms with Gasteiger partial charge in [0.2, 0.25) is 11.8 Å². The van der Waals surface area contributed by atoms with Crippen LogP contribution in [0.25, 0.3) is 0 Å². The third kappa shape index (κ3) is 9.00. The molecule has 9 nitrogen and oxygen atoms in total. The molecule has 0 aromatic heterocycles. The van der Waals surface area contributed by atoms with E-state index in [1.807, 2.05) is 0 Å². The molecule has 0 radical (unpaired) electrons. The number of rotatable bonds is 8. The zero-order valence-electron chi connectivity index (χ0n) is 18.9. The van der Waals surface area contributed by atoms with Gasteiger partial charge in [-0.2, -0.15) is 0 Å². The van der Waals surface area contributed by atoms with Crippen molar-refractivity contribution in [1.29, 1.82) is 0 Å². The maximum atomic E-state index is 12.4. The van der Waals surface area contributed by atoms with E-state index in [-0.39, 0.29) is 29.6 Å². The van der Waals surface area contributed by atoms with Gasteiger partial charge in [0, 0.05) is 12.5 Å². The summed E-state index contributed by atoms with van der Waals surface area (Å²) in [5.41, 5.74) is -0.634. The van der Waals surface area contributed by atoms with Crippen LogP contribution < -0.4 is 16.0 Å². The lowest BCUT2D eigenvalue weighted by atomic mass is 9.81. The average Bonchev–Trinajstić information content (AvgIpc) is 2.62. The Morgan fingerprint density at radius 1 is 1.00 bits per heavy atom. The van der Waals surface area contributed by atoms with E-state index in [1.54, 1.807) is 41.5 Å². The minimum Gasteiger partial charge on any atom is -0.480 e. The third-order valence-corrected chi connectivity index (χ3v) is 5.14. The minimum absolute atomic E-state index is 0.186. The minimum atomic E-state index is -1.02. The molecule has 0 aromatic rings. The van der Waals surface area contributed by atoms with E-state index in [0.717, 1.165) is 12.8 Å². The Hall–Kier alpha value is -2.32. The first-order valence-electron chi connectivity index (χ1n) is 10.6. The number of amides is 3. The van der Waals surface area contributed by atoms with Crippen LogP contribution in [0.1, 0.15) is 67.2 Å². The third-order valence-electron chi connectivity index (χ3n) is 5.14. The molecule has 1 saturated carbocycles. The van der Waals surface area contributed by atoms with Crippen molar-refractivity contribution in [3.63, 3.8) is 0 Å². The summed E-state index contributed by atoms with van der Waals surface area (Å²) < 4.78 is 5.14. The van der Waals surface area contributed by atoms with Crippen LogP contribution in [0.3, 0.4) is 0 Å². The fraction of sp³-hybridized carbons (Fsp3) is 0.810. The first-order chi connectivity index (χ1) is 13.8. The van der Waals surface area contributed by atoms with Gasteiger partial charge < -0.3 is 25.8 Å². The lowest BCUT2D eigenvalue weighted by Gasteiger charge is -2.29. The molecule has 0 aromatic carbocycles. The van der Waals surface area contributed by atoms with Crippen LogP contribution in [0.4, 0.5) is 4.79 Å². The number of carboxylic acid groups (broad SMARTS) is 1. The van der Waals surface area contributed by atoms with Gasteiger partial charge in [0.15, 0.2) is 0 Å². The molecule has 0 bridgehead atoms. The molecule has 2 atom stereocenters. The monoisotopic (exact) mass is 427 g/mol. The van der Waals surface area contributed by atoms with E-state index in [1.165, 1.54) is 0 Å². The van der Waals surface area contributed by atoms with Crippen molar-refractivity contribution < 1.29 is 29.0 Å². The number of carbonyl (C=O) groups excluding carboxylic acids is 3. The number of carboxylic acids is 1. The van der Waals surface area contributed by atoms with Crippen molar-refractivity contribution in [3.8, 4) is 0 Å². The second-order valence-corrected chi connectivity index (χ2v) is 9.40. The van der Waals surface area contributed by atoms with Gasteiger partial charge in [-0.1, -0.05) is 13.8 Å². The fourth-order valence-electron chi connectivity index (χ4n) is 3.36. The van der Waals surface area contributed by atoms with E-state index < -0.39 is 29.7 Å². The summed E-state index contributed by atoms with van der Waals surface area (Å²) in [7, 11) is 0. The van der Waals surface area contributed by atoms with Gasteiger partial charge in [0.05, 0.1) is 0 Å². The maximum absolute atomic E-state index is 12.4. The zero-order valence-corrected chi connectivity index (χ0v) is 18.9. The number of hydrogen-bond acceptors (Lipinski definition) is 5. The van der Waals surface area contributed by atoms with Gasteiger partial charge in [-0.15, -0.1) is 0 Å². The van der Waals surface area contributed by atoms with Gasteiger partial charge in [0.25, 0.3) is 0 Å². The topological polar surface area (TPSA) is 134 Å². The van der Waals surface area contributed by atoms with E-state index in [9.17, 15) is 24.3 Å². The van der Waals surface area contributed by atoms with Crippen molar-refractivity contribution >= 4 is 23.9 Å².